The minimum atomic E-state index is 0.344. The second-order valence-electron chi connectivity index (χ2n) is 6.47. The Bertz CT molecular complexity index is 440. The summed E-state index contributed by atoms with van der Waals surface area (Å²) >= 11 is 0. The molecule has 1 saturated carbocycles. The zero-order valence-electron chi connectivity index (χ0n) is 12.7. The van der Waals surface area contributed by atoms with Crippen molar-refractivity contribution in [2.45, 2.75) is 59.4 Å². The van der Waals surface area contributed by atoms with Crippen LogP contribution in [0.1, 0.15) is 59.2 Å². The highest BCUT2D eigenvalue weighted by molar-refractivity contribution is 5.49. The van der Waals surface area contributed by atoms with Crippen LogP contribution in [-0.4, -0.2) is 22.6 Å². The van der Waals surface area contributed by atoms with Crippen molar-refractivity contribution in [2.75, 3.05) is 17.2 Å². The van der Waals surface area contributed by atoms with E-state index in [4.69, 9.17) is 0 Å². The molecule has 1 aromatic rings. The first-order valence-electron chi connectivity index (χ1n) is 7.31. The first-order chi connectivity index (χ1) is 8.92. The van der Waals surface area contributed by atoms with Gasteiger partial charge in [-0.05, 0) is 18.3 Å². The van der Waals surface area contributed by atoms with Gasteiger partial charge in [0.15, 0.2) is 0 Å². The van der Waals surface area contributed by atoms with E-state index in [1.54, 1.807) is 0 Å². The van der Waals surface area contributed by atoms with Gasteiger partial charge in [0, 0.05) is 24.6 Å². The maximum atomic E-state index is 4.62. The van der Waals surface area contributed by atoms with Crippen molar-refractivity contribution in [3.8, 4) is 0 Å². The number of hydrogen-bond donors (Lipinski definition) is 2. The van der Waals surface area contributed by atoms with E-state index >= 15 is 0 Å². The minimum absolute atomic E-state index is 0.344. The van der Waals surface area contributed by atoms with Gasteiger partial charge in [0.2, 0.25) is 0 Å². The van der Waals surface area contributed by atoms with Crippen LogP contribution in [0, 0.1) is 5.41 Å². The summed E-state index contributed by atoms with van der Waals surface area (Å²) in [4.78, 5) is 9.20. The number of aromatic nitrogens is 2. The smallest absolute Gasteiger partial charge is 0.135 e. The van der Waals surface area contributed by atoms with E-state index in [1.165, 1.54) is 6.42 Å². The molecule has 1 heterocycles. The first-order valence-corrected chi connectivity index (χ1v) is 7.31. The molecule has 1 atom stereocenters. The molecule has 0 bridgehead atoms. The summed E-state index contributed by atoms with van der Waals surface area (Å²) in [5.41, 5.74) is 0.403. The molecule has 0 spiro atoms. The number of nitrogens with zero attached hydrogens (tertiary/aromatic N) is 2. The van der Waals surface area contributed by atoms with Crippen molar-refractivity contribution in [1.29, 1.82) is 0 Å². The Hall–Kier alpha value is -1.32. The van der Waals surface area contributed by atoms with Crippen LogP contribution in [0.25, 0.3) is 0 Å². The average molecular weight is 262 g/mol. The molecule has 1 aliphatic rings. The van der Waals surface area contributed by atoms with Gasteiger partial charge in [-0.25, -0.2) is 9.97 Å². The SMILES string of the molecule is CCCNc1cc(NC2CC2(C)C)nc(C(C)C)n1. The maximum absolute atomic E-state index is 4.62. The number of nitrogens with one attached hydrogen (secondary N) is 2. The molecule has 4 nitrogen and oxygen atoms in total. The summed E-state index contributed by atoms with van der Waals surface area (Å²) in [5.74, 6) is 3.13. The van der Waals surface area contributed by atoms with E-state index in [9.17, 15) is 0 Å². The van der Waals surface area contributed by atoms with Gasteiger partial charge in [-0.2, -0.15) is 0 Å². The lowest BCUT2D eigenvalue weighted by Gasteiger charge is -2.13. The van der Waals surface area contributed by atoms with Gasteiger partial charge in [-0.15, -0.1) is 0 Å². The largest absolute Gasteiger partial charge is 0.370 e. The summed E-state index contributed by atoms with van der Waals surface area (Å²) in [6.07, 6.45) is 2.31. The highest BCUT2D eigenvalue weighted by Crippen LogP contribution is 2.46. The fraction of sp³-hybridized carbons (Fsp3) is 0.733. The molecule has 106 valence electrons. The van der Waals surface area contributed by atoms with Gasteiger partial charge >= 0.3 is 0 Å². The molecule has 2 N–H and O–H groups in total. The predicted molar refractivity (Wildman–Crippen MR) is 80.7 cm³/mol. The van der Waals surface area contributed by atoms with E-state index in [0.29, 0.717) is 17.4 Å². The van der Waals surface area contributed by atoms with Crippen LogP contribution in [0.2, 0.25) is 0 Å². The average Bonchev–Trinajstić information content (AvgIpc) is 2.93. The predicted octanol–water partition coefficient (Wildman–Crippen LogP) is 3.63. The quantitative estimate of drug-likeness (QED) is 0.822. The van der Waals surface area contributed by atoms with Gasteiger partial charge in [0.1, 0.15) is 17.5 Å². The number of anilines is 2. The summed E-state index contributed by atoms with van der Waals surface area (Å²) in [7, 11) is 0. The van der Waals surface area contributed by atoms with Crippen LogP contribution >= 0.6 is 0 Å². The fourth-order valence-corrected chi connectivity index (χ4v) is 2.03. The van der Waals surface area contributed by atoms with Crippen LogP contribution in [0.3, 0.4) is 0 Å². The standard InChI is InChI=1S/C15H26N4/c1-6-7-16-12-8-13(17-11-9-15(11,4)5)19-14(18-12)10(2)3/h8,10-11H,6-7,9H2,1-5H3,(H2,16,17,18,19). The highest BCUT2D eigenvalue weighted by atomic mass is 15.1. The highest BCUT2D eigenvalue weighted by Gasteiger charge is 2.45. The van der Waals surface area contributed by atoms with E-state index in [0.717, 1.165) is 30.4 Å². The number of hydrogen-bond acceptors (Lipinski definition) is 4. The van der Waals surface area contributed by atoms with Crippen molar-refractivity contribution in [3.05, 3.63) is 11.9 Å². The Morgan fingerprint density at radius 3 is 2.47 bits per heavy atom. The van der Waals surface area contributed by atoms with Crippen LogP contribution < -0.4 is 10.6 Å². The van der Waals surface area contributed by atoms with Crippen LogP contribution in [0.4, 0.5) is 11.6 Å². The molecule has 2 rings (SSSR count). The molecule has 19 heavy (non-hydrogen) atoms. The Morgan fingerprint density at radius 1 is 1.32 bits per heavy atom. The second-order valence-corrected chi connectivity index (χ2v) is 6.47. The lowest BCUT2D eigenvalue weighted by atomic mass is 10.2. The molecule has 0 radical (unpaired) electrons. The summed E-state index contributed by atoms with van der Waals surface area (Å²) < 4.78 is 0. The topological polar surface area (TPSA) is 49.8 Å². The molecule has 4 heteroatoms. The van der Waals surface area contributed by atoms with Crippen LogP contribution in [0.5, 0.6) is 0 Å². The lowest BCUT2D eigenvalue weighted by Crippen LogP contribution is -2.13. The molecule has 1 aromatic heterocycles. The zero-order chi connectivity index (χ0) is 14.0. The lowest BCUT2D eigenvalue weighted by molar-refractivity contribution is 0.629. The molecule has 0 saturated heterocycles. The molecular weight excluding hydrogens is 236 g/mol. The minimum Gasteiger partial charge on any atom is -0.370 e. The third-order valence-electron chi connectivity index (χ3n) is 3.65. The fourth-order valence-electron chi connectivity index (χ4n) is 2.03. The van der Waals surface area contributed by atoms with E-state index in [-0.39, 0.29) is 0 Å². The van der Waals surface area contributed by atoms with E-state index in [1.807, 2.05) is 6.07 Å². The van der Waals surface area contributed by atoms with Gasteiger partial charge < -0.3 is 10.6 Å². The van der Waals surface area contributed by atoms with Crippen molar-refractivity contribution < 1.29 is 0 Å². The van der Waals surface area contributed by atoms with Crippen molar-refractivity contribution >= 4 is 11.6 Å². The van der Waals surface area contributed by atoms with Crippen molar-refractivity contribution in [3.63, 3.8) is 0 Å². The summed E-state index contributed by atoms with van der Waals surface area (Å²) in [5, 5.41) is 6.88. The molecule has 0 amide bonds. The number of rotatable bonds is 6. The second kappa shape index (κ2) is 5.35. The third kappa shape index (κ3) is 3.58. The van der Waals surface area contributed by atoms with Crippen molar-refractivity contribution in [2.24, 2.45) is 5.41 Å². The van der Waals surface area contributed by atoms with Crippen molar-refractivity contribution in [1.82, 2.24) is 9.97 Å². The monoisotopic (exact) mass is 262 g/mol. The Morgan fingerprint density at radius 2 is 1.95 bits per heavy atom. The molecule has 1 fully saturated rings. The molecule has 0 aliphatic heterocycles. The van der Waals surface area contributed by atoms with Gasteiger partial charge in [0.25, 0.3) is 0 Å². The van der Waals surface area contributed by atoms with Gasteiger partial charge in [-0.3, -0.25) is 0 Å². The van der Waals surface area contributed by atoms with E-state index in [2.05, 4.69) is 55.2 Å². The maximum Gasteiger partial charge on any atom is 0.135 e. The summed E-state index contributed by atoms with van der Waals surface area (Å²) in [6.45, 7) is 11.9. The third-order valence-corrected chi connectivity index (χ3v) is 3.65. The Balaban J connectivity index is 2.14. The molecule has 0 aromatic carbocycles. The first kappa shape index (κ1) is 14.1. The molecule has 1 aliphatic carbocycles. The van der Waals surface area contributed by atoms with Gasteiger partial charge in [0.05, 0.1) is 0 Å². The zero-order valence-corrected chi connectivity index (χ0v) is 12.7. The van der Waals surface area contributed by atoms with E-state index < -0.39 is 0 Å². The van der Waals surface area contributed by atoms with Crippen LogP contribution in [-0.2, 0) is 0 Å². The molecule has 1 unspecified atom stereocenters. The Kier molecular flexibility index (Phi) is 3.97. The summed E-state index contributed by atoms with van der Waals surface area (Å²) in [6, 6.07) is 2.57. The molecular formula is C15H26N4. The van der Waals surface area contributed by atoms with Crippen LogP contribution in [0.15, 0.2) is 6.07 Å². The normalized spacial score (nSPS) is 20.4. The Labute approximate surface area is 116 Å². The van der Waals surface area contributed by atoms with Gasteiger partial charge in [-0.1, -0.05) is 34.6 Å².